The van der Waals surface area contributed by atoms with Gasteiger partial charge >= 0.3 is 0 Å². The number of benzene rings is 1. The predicted octanol–water partition coefficient (Wildman–Crippen LogP) is 4.38. The summed E-state index contributed by atoms with van der Waals surface area (Å²) in [5, 5.41) is 10.8. The maximum atomic E-state index is 9.12. The van der Waals surface area contributed by atoms with Gasteiger partial charge in [0.15, 0.2) is 0 Å². The van der Waals surface area contributed by atoms with Crippen molar-refractivity contribution in [3.05, 3.63) is 35.2 Å². The second-order valence-corrected chi connectivity index (χ2v) is 8.02. The maximum absolute atomic E-state index is 9.12. The SMILES string of the molecule is N#CCC1CC(n2c(C3CCOC3)nc3cnc4ccc(Cl)cc4c32)CCO1. The first-order valence-electron chi connectivity index (χ1n) is 9.77. The summed E-state index contributed by atoms with van der Waals surface area (Å²) in [7, 11) is 0. The van der Waals surface area contributed by atoms with Gasteiger partial charge in [-0.15, -0.1) is 0 Å². The van der Waals surface area contributed by atoms with E-state index in [9.17, 15) is 0 Å². The first-order valence-corrected chi connectivity index (χ1v) is 10.1. The van der Waals surface area contributed by atoms with E-state index in [1.807, 2.05) is 24.4 Å². The fourth-order valence-electron chi connectivity index (χ4n) is 4.50. The summed E-state index contributed by atoms with van der Waals surface area (Å²) in [6.07, 6.45) is 4.92. The quantitative estimate of drug-likeness (QED) is 0.657. The van der Waals surface area contributed by atoms with Gasteiger partial charge in [-0.3, -0.25) is 4.98 Å². The minimum absolute atomic E-state index is 0.0365. The molecule has 0 N–H and O–H groups in total. The van der Waals surface area contributed by atoms with Crippen LogP contribution in [0.15, 0.2) is 24.4 Å². The van der Waals surface area contributed by atoms with Crippen LogP contribution < -0.4 is 0 Å². The lowest BCUT2D eigenvalue weighted by atomic mass is 9.99. The van der Waals surface area contributed by atoms with Gasteiger partial charge in [0.25, 0.3) is 0 Å². The van der Waals surface area contributed by atoms with E-state index in [1.54, 1.807) is 0 Å². The van der Waals surface area contributed by atoms with Crippen LogP contribution in [0.1, 0.15) is 43.5 Å². The molecule has 3 aromatic rings. The Bertz CT molecular complexity index is 1070. The number of hydrogen-bond acceptors (Lipinski definition) is 5. The molecule has 2 aliphatic rings. The second-order valence-electron chi connectivity index (χ2n) is 7.59. The number of aromatic nitrogens is 3. The van der Waals surface area contributed by atoms with Crippen molar-refractivity contribution < 1.29 is 9.47 Å². The molecule has 6 nitrogen and oxygen atoms in total. The number of hydrogen-bond donors (Lipinski definition) is 0. The molecule has 0 amide bonds. The number of rotatable bonds is 3. The van der Waals surface area contributed by atoms with Crippen molar-refractivity contribution in [1.29, 1.82) is 5.26 Å². The zero-order valence-corrected chi connectivity index (χ0v) is 16.2. The van der Waals surface area contributed by atoms with Gasteiger partial charge in [-0.05, 0) is 37.5 Å². The van der Waals surface area contributed by atoms with Crippen LogP contribution in [0.4, 0.5) is 0 Å². The molecule has 28 heavy (non-hydrogen) atoms. The summed E-state index contributed by atoms with van der Waals surface area (Å²) in [6, 6.07) is 8.28. The number of nitriles is 1. The van der Waals surface area contributed by atoms with E-state index >= 15 is 0 Å². The smallest absolute Gasteiger partial charge is 0.115 e. The Morgan fingerprint density at radius 3 is 3.00 bits per heavy atom. The third-order valence-electron chi connectivity index (χ3n) is 5.82. The average Bonchev–Trinajstić information content (AvgIpc) is 3.36. The first kappa shape index (κ1) is 17.9. The number of fused-ring (bicyclic) bond motifs is 3. The van der Waals surface area contributed by atoms with E-state index in [1.165, 1.54) is 0 Å². The zero-order chi connectivity index (χ0) is 19.1. The minimum Gasteiger partial charge on any atom is -0.381 e. The molecular formula is C21H21ClN4O2. The van der Waals surface area contributed by atoms with Crippen molar-refractivity contribution in [2.24, 2.45) is 0 Å². The standard InChI is InChI=1S/C21H21ClN4O2/c22-14-1-2-18-17(9-14)20-19(11-24-18)25-21(13-4-7-27-12-13)26(20)15-5-8-28-16(10-15)3-6-23/h1-2,9,11,13,15-16H,3-5,7-8,10,12H2. The first-order chi connectivity index (χ1) is 13.7. The number of imidazole rings is 1. The summed E-state index contributed by atoms with van der Waals surface area (Å²) >= 11 is 6.32. The molecule has 4 heterocycles. The summed E-state index contributed by atoms with van der Waals surface area (Å²) in [5.74, 6) is 1.34. The van der Waals surface area contributed by atoms with Gasteiger partial charge in [-0.1, -0.05) is 11.6 Å². The van der Waals surface area contributed by atoms with Crippen molar-refractivity contribution in [3.63, 3.8) is 0 Å². The van der Waals surface area contributed by atoms with Crippen LogP contribution in [0.2, 0.25) is 5.02 Å². The largest absolute Gasteiger partial charge is 0.381 e. The molecule has 0 bridgehead atoms. The Balaban J connectivity index is 1.72. The maximum Gasteiger partial charge on any atom is 0.115 e. The Kier molecular flexibility index (Phi) is 4.67. The average molecular weight is 397 g/mol. The van der Waals surface area contributed by atoms with E-state index in [2.05, 4.69) is 15.6 Å². The lowest BCUT2D eigenvalue weighted by Gasteiger charge is -2.31. The van der Waals surface area contributed by atoms with Crippen molar-refractivity contribution in [1.82, 2.24) is 14.5 Å². The van der Waals surface area contributed by atoms with Gasteiger partial charge in [-0.25, -0.2) is 4.98 Å². The Morgan fingerprint density at radius 1 is 1.25 bits per heavy atom. The van der Waals surface area contributed by atoms with Crippen molar-refractivity contribution in [3.8, 4) is 6.07 Å². The summed E-state index contributed by atoms with van der Waals surface area (Å²) in [6.45, 7) is 2.12. The third kappa shape index (κ3) is 3.04. The van der Waals surface area contributed by atoms with E-state index in [0.717, 1.165) is 53.6 Å². The fraction of sp³-hybridized carbons (Fsp3) is 0.476. The molecule has 2 saturated heterocycles. The molecule has 3 atom stereocenters. The van der Waals surface area contributed by atoms with Gasteiger partial charge in [0, 0.05) is 35.6 Å². The van der Waals surface area contributed by atoms with Crippen LogP contribution in [0.25, 0.3) is 21.9 Å². The zero-order valence-electron chi connectivity index (χ0n) is 15.5. The highest BCUT2D eigenvalue weighted by atomic mass is 35.5. The monoisotopic (exact) mass is 396 g/mol. The lowest BCUT2D eigenvalue weighted by Crippen LogP contribution is -2.29. The molecule has 3 unspecified atom stereocenters. The Hall–Kier alpha value is -2.20. The van der Waals surface area contributed by atoms with Gasteiger partial charge in [0.1, 0.15) is 11.3 Å². The summed E-state index contributed by atoms with van der Waals surface area (Å²) < 4.78 is 13.9. The van der Waals surface area contributed by atoms with Crippen LogP contribution in [0.5, 0.6) is 0 Å². The van der Waals surface area contributed by atoms with Crippen LogP contribution in [0.3, 0.4) is 0 Å². The normalized spacial score (nSPS) is 25.4. The van der Waals surface area contributed by atoms with Crippen molar-refractivity contribution >= 4 is 33.5 Å². The molecule has 0 aliphatic carbocycles. The van der Waals surface area contributed by atoms with Crippen molar-refractivity contribution in [2.75, 3.05) is 19.8 Å². The molecule has 7 heteroatoms. The fourth-order valence-corrected chi connectivity index (χ4v) is 4.67. The predicted molar refractivity (Wildman–Crippen MR) is 106 cm³/mol. The van der Waals surface area contributed by atoms with Crippen LogP contribution in [0, 0.1) is 11.3 Å². The third-order valence-corrected chi connectivity index (χ3v) is 6.06. The molecule has 1 aromatic carbocycles. The Labute approximate surface area is 168 Å². The highest BCUT2D eigenvalue weighted by Crippen LogP contribution is 2.38. The number of nitrogens with zero attached hydrogens (tertiary/aromatic N) is 4. The van der Waals surface area contributed by atoms with Gasteiger partial charge in [0.05, 0.1) is 42.4 Å². The molecule has 0 spiro atoms. The minimum atomic E-state index is -0.0365. The van der Waals surface area contributed by atoms with Crippen LogP contribution in [-0.2, 0) is 9.47 Å². The van der Waals surface area contributed by atoms with E-state index in [0.29, 0.717) is 24.7 Å². The van der Waals surface area contributed by atoms with E-state index in [4.69, 9.17) is 31.3 Å². The van der Waals surface area contributed by atoms with Gasteiger partial charge < -0.3 is 14.0 Å². The Morgan fingerprint density at radius 2 is 2.18 bits per heavy atom. The second kappa shape index (κ2) is 7.32. The van der Waals surface area contributed by atoms with Crippen LogP contribution in [-0.4, -0.2) is 40.5 Å². The molecule has 2 aliphatic heterocycles. The van der Waals surface area contributed by atoms with Crippen LogP contribution >= 0.6 is 11.6 Å². The highest BCUT2D eigenvalue weighted by Gasteiger charge is 2.31. The topological polar surface area (TPSA) is 73.0 Å². The van der Waals surface area contributed by atoms with Crippen molar-refractivity contribution in [2.45, 2.75) is 43.7 Å². The summed E-state index contributed by atoms with van der Waals surface area (Å²) in [5.41, 5.74) is 2.88. The molecule has 0 saturated carbocycles. The molecule has 2 aromatic heterocycles. The van der Waals surface area contributed by atoms with Gasteiger partial charge in [0.2, 0.25) is 0 Å². The molecule has 5 rings (SSSR count). The lowest BCUT2D eigenvalue weighted by molar-refractivity contribution is -0.00226. The van der Waals surface area contributed by atoms with Gasteiger partial charge in [-0.2, -0.15) is 5.26 Å². The number of halogens is 1. The highest BCUT2D eigenvalue weighted by molar-refractivity contribution is 6.31. The summed E-state index contributed by atoms with van der Waals surface area (Å²) in [4.78, 5) is 9.58. The molecule has 2 fully saturated rings. The molecular weight excluding hydrogens is 376 g/mol. The molecule has 0 radical (unpaired) electrons. The molecule has 144 valence electrons. The van der Waals surface area contributed by atoms with E-state index < -0.39 is 0 Å². The van der Waals surface area contributed by atoms with E-state index in [-0.39, 0.29) is 18.1 Å². The number of pyridine rings is 1. The number of ether oxygens (including phenoxy) is 2.